The zero-order valence-electron chi connectivity index (χ0n) is 21.7. The van der Waals surface area contributed by atoms with Crippen LogP contribution in [-0.2, 0) is 15.9 Å². The molecule has 2 aliphatic rings. The van der Waals surface area contributed by atoms with Crippen LogP contribution in [-0.4, -0.2) is 57.5 Å². The van der Waals surface area contributed by atoms with Crippen molar-refractivity contribution in [2.45, 2.75) is 63.6 Å². The summed E-state index contributed by atoms with van der Waals surface area (Å²) >= 11 is 0. The summed E-state index contributed by atoms with van der Waals surface area (Å²) in [5.41, 5.74) is 2.84. The Morgan fingerprint density at radius 1 is 1.11 bits per heavy atom. The molecule has 1 saturated carbocycles. The molecule has 0 amide bonds. The molecule has 8 nitrogen and oxygen atoms in total. The molecule has 0 spiro atoms. The summed E-state index contributed by atoms with van der Waals surface area (Å²) in [6, 6.07) is 12.0. The molecule has 4 heterocycles. The van der Waals surface area contributed by atoms with E-state index < -0.39 is 18.8 Å². The van der Waals surface area contributed by atoms with E-state index in [-0.39, 0.29) is 18.2 Å². The van der Waals surface area contributed by atoms with Gasteiger partial charge in [0.2, 0.25) is 0 Å². The monoisotopic (exact) mass is 522 g/mol. The fourth-order valence-electron chi connectivity index (χ4n) is 6.00. The number of fused-ring (bicyclic) bond motifs is 3. The van der Waals surface area contributed by atoms with E-state index in [0.29, 0.717) is 11.7 Å². The number of aromatic nitrogens is 4. The normalized spacial score (nSPS) is 24.4. The van der Waals surface area contributed by atoms with E-state index in [1.807, 2.05) is 33.0 Å². The van der Waals surface area contributed by atoms with Gasteiger partial charge in [0.1, 0.15) is 29.7 Å². The number of hydrogen-bond acceptors (Lipinski definition) is 7. The summed E-state index contributed by atoms with van der Waals surface area (Å²) in [5, 5.41) is 7.81. The number of alkyl halides is 2. The molecule has 38 heavy (non-hydrogen) atoms. The minimum absolute atomic E-state index is 0.0122. The van der Waals surface area contributed by atoms with Crippen LogP contribution in [0.25, 0.3) is 21.9 Å². The number of halogens is 2. The number of hydrogen-bond donors (Lipinski definition) is 2. The molecule has 1 saturated heterocycles. The van der Waals surface area contributed by atoms with E-state index in [0.717, 1.165) is 52.6 Å². The molecule has 0 unspecified atom stereocenters. The summed E-state index contributed by atoms with van der Waals surface area (Å²) in [4.78, 5) is 13.5. The molecule has 10 heteroatoms. The lowest BCUT2D eigenvalue weighted by Crippen LogP contribution is -2.27. The summed E-state index contributed by atoms with van der Waals surface area (Å²) in [7, 11) is 1.86. The van der Waals surface area contributed by atoms with Crippen molar-refractivity contribution in [1.82, 2.24) is 19.5 Å². The molecule has 200 valence electrons. The van der Waals surface area contributed by atoms with Gasteiger partial charge in [-0.3, -0.25) is 0 Å². The van der Waals surface area contributed by atoms with Crippen molar-refractivity contribution < 1.29 is 18.3 Å². The Hall–Kier alpha value is -3.37. The minimum atomic E-state index is -2.42. The molecule has 3 aromatic heterocycles. The smallest absolute Gasteiger partial charge is 0.255 e. The quantitative estimate of drug-likeness (QED) is 0.320. The maximum Gasteiger partial charge on any atom is 0.255 e. The van der Waals surface area contributed by atoms with E-state index >= 15 is 0 Å². The molecule has 0 radical (unpaired) electrons. The second kappa shape index (κ2) is 9.74. The van der Waals surface area contributed by atoms with Crippen molar-refractivity contribution in [1.29, 1.82) is 0 Å². The van der Waals surface area contributed by atoms with Crippen molar-refractivity contribution >= 4 is 33.6 Å². The number of aryl methyl sites for hydroxylation is 1. The zero-order valence-corrected chi connectivity index (χ0v) is 21.7. The second-order valence-electron chi connectivity index (χ2n) is 10.6. The van der Waals surface area contributed by atoms with Gasteiger partial charge < -0.3 is 24.7 Å². The van der Waals surface area contributed by atoms with E-state index in [9.17, 15) is 8.78 Å². The lowest BCUT2D eigenvalue weighted by Gasteiger charge is -2.24. The number of nitrogens with zero attached hydrogens (tertiary/aromatic N) is 4. The van der Waals surface area contributed by atoms with Gasteiger partial charge in [-0.1, -0.05) is 12.1 Å². The Morgan fingerprint density at radius 3 is 2.74 bits per heavy atom. The largest absolute Gasteiger partial charge is 0.372 e. The lowest BCUT2D eigenvalue weighted by molar-refractivity contribution is -0.160. The first-order chi connectivity index (χ1) is 18.3. The first-order valence-corrected chi connectivity index (χ1v) is 13.1. The topological polar surface area (TPSA) is 86.1 Å². The molecule has 1 aliphatic heterocycles. The highest BCUT2D eigenvalue weighted by Crippen LogP contribution is 2.49. The standard InChI is InChI=1S/C28H32F2N6O2/c1-28(2)37-24-18(7-5-16-4-6-17-8-9-23(32-14-22(29)30)35-20(17)12-16)13-21(25(24)38-28)36-11-10-19-26(31-3)33-15-34-27(19)36/h4,6,8-12,15,18,21-22,24-25H,5,7,13-14H2,1-3H3,(H,32,35)(H,31,33,34)/t18-,21+,24+,25-/m0/s1. The Kier molecular flexibility index (Phi) is 6.39. The molecule has 1 aromatic carbocycles. The van der Waals surface area contributed by atoms with E-state index in [1.165, 1.54) is 0 Å². The predicted octanol–water partition coefficient (Wildman–Crippen LogP) is 5.41. The average Bonchev–Trinajstić information content (AvgIpc) is 3.56. The van der Waals surface area contributed by atoms with Crippen molar-refractivity contribution in [2.24, 2.45) is 5.92 Å². The molecular weight excluding hydrogens is 490 g/mol. The fourth-order valence-corrected chi connectivity index (χ4v) is 6.00. The van der Waals surface area contributed by atoms with Crippen LogP contribution in [0, 0.1) is 5.92 Å². The minimum Gasteiger partial charge on any atom is -0.372 e. The number of benzene rings is 1. The fraction of sp³-hybridized carbons (Fsp3) is 0.464. The molecule has 2 N–H and O–H groups in total. The van der Waals surface area contributed by atoms with E-state index in [2.05, 4.69) is 54.5 Å². The number of pyridine rings is 1. The summed E-state index contributed by atoms with van der Waals surface area (Å²) in [6.07, 6.45) is 3.87. The third kappa shape index (κ3) is 4.67. The van der Waals surface area contributed by atoms with Gasteiger partial charge in [-0.05, 0) is 68.9 Å². The van der Waals surface area contributed by atoms with Crippen molar-refractivity contribution in [3.63, 3.8) is 0 Å². The first kappa shape index (κ1) is 24.9. The van der Waals surface area contributed by atoms with Crippen LogP contribution in [0.2, 0.25) is 0 Å². The van der Waals surface area contributed by atoms with Crippen LogP contribution in [0.1, 0.15) is 38.3 Å². The second-order valence-corrected chi connectivity index (χ2v) is 10.6. The van der Waals surface area contributed by atoms with Gasteiger partial charge in [0.25, 0.3) is 6.43 Å². The van der Waals surface area contributed by atoms with Gasteiger partial charge in [-0.2, -0.15) is 0 Å². The maximum absolute atomic E-state index is 12.6. The van der Waals surface area contributed by atoms with Crippen LogP contribution >= 0.6 is 0 Å². The third-order valence-electron chi connectivity index (χ3n) is 7.65. The molecular formula is C28H32F2N6O2. The summed E-state index contributed by atoms with van der Waals surface area (Å²) in [6.45, 7) is 3.54. The Bertz CT molecular complexity index is 1460. The number of nitrogens with one attached hydrogen (secondary N) is 2. The molecule has 1 aliphatic carbocycles. The molecule has 4 atom stereocenters. The average molecular weight is 523 g/mol. The van der Waals surface area contributed by atoms with Crippen molar-refractivity contribution in [2.75, 3.05) is 24.2 Å². The van der Waals surface area contributed by atoms with Crippen molar-refractivity contribution in [3.8, 4) is 0 Å². The van der Waals surface area contributed by atoms with Gasteiger partial charge in [0.05, 0.1) is 29.6 Å². The van der Waals surface area contributed by atoms with Gasteiger partial charge in [0.15, 0.2) is 5.79 Å². The third-order valence-corrected chi connectivity index (χ3v) is 7.65. The number of anilines is 2. The lowest BCUT2D eigenvalue weighted by atomic mass is 9.95. The SMILES string of the molecule is CNc1ncnc2c1ccn2[C@@H]1C[C@H](CCc2ccc3ccc(NCC(F)F)nc3c2)[C@H]2OC(C)(C)O[C@H]21. The van der Waals surface area contributed by atoms with Crippen LogP contribution in [0.3, 0.4) is 0 Å². The van der Waals surface area contributed by atoms with Crippen LogP contribution < -0.4 is 10.6 Å². The van der Waals surface area contributed by atoms with Gasteiger partial charge in [-0.15, -0.1) is 0 Å². The highest BCUT2D eigenvalue weighted by molar-refractivity contribution is 5.87. The summed E-state index contributed by atoms with van der Waals surface area (Å²) in [5.74, 6) is 0.924. The van der Waals surface area contributed by atoms with Gasteiger partial charge in [-0.25, -0.2) is 23.7 Å². The molecule has 6 rings (SSSR count). The van der Waals surface area contributed by atoms with Crippen LogP contribution in [0.5, 0.6) is 0 Å². The van der Waals surface area contributed by atoms with Crippen molar-refractivity contribution in [3.05, 3.63) is 54.5 Å². The van der Waals surface area contributed by atoms with Gasteiger partial charge >= 0.3 is 0 Å². The highest BCUT2D eigenvalue weighted by atomic mass is 19.3. The Labute approximate surface area is 219 Å². The predicted molar refractivity (Wildman–Crippen MR) is 143 cm³/mol. The number of rotatable bonds is 8. The van der Waals surface area contributed by atoms with Crippen LogP contribution in [0.15, 0.2) is 48.9 Å². The highest BCUT2D eigenvalue weighted by Gasteiger charge is 2.54. The molecule has 2 fully saturated rings. The molecule has 0 bridgehead atoms. The van der Waals surface area contributed by atoms with Gasteiger partial charge in [0, 0.05) is 18.6 Å². The first-order valence-electron chi connectivity index (χ1n) is 13.1. The number of ether oxygens (including phenoxy) is 2. The summed E-state index contributed by atoms with van der Waals surface area (Å²) < 4.78 is 40.3. The van der Waals surface area contributed by atoms with E-state index in [1.54, 1.807) is 12.4 Å². The Morgan fingerprint density at radius 2 is 1.92 bits per heavy atom. The zero-order chi connectivity index (χ0) is 26.4. The Balaban J connectivity index is 1.22. The maximum atomic E-state index is 12.6. The van der Waals surface area contributed by atoms with Crippen LogP contribution in [0.4, 0.5) is 20.4 Å². The van der Waals surface area contributed by atoms with E-state index in [4.69, 9.17) is 9.47 Å². The molecule has 4 aromatic rings.